The van der Waals surface area contributed by atoms with E-state index in [-0.39, 0.29) is 10.6 Å². The van der Waals surface area contributed by atoms with Gasteiger partial charge in [0.15, 0.2) is 4.77 Å². The van der Waals surface area contributed by atoms with E-state index in [4.69, 9.17) is 28.6 Å². The Labute approximate surface area is 120 Å². The molecule has 1 aromatic carbocycles. The number of rotatable bonds is 2. The van der Waals surface area contributed by atoms with Crippen molar-refractivity contribution in [1.29, 1.82) is 0 Å². The Bertz CT molecular complexity index is 688. The zero-order valence-corrected chi connectivity index (χ0v) is 12.1. The molecule has 0 amide bonds. The molecule has 102 valence electrons. The van der Waals surface area contributed by atoms with E-state index in [9.17, 15) is 4.39 Å². The molecule has 6 heteroatoms. The fraction of sp³-hybridized carbons (Fsp3) is 0.462. The van der Waals surface area contributed by atoms with Gasteiger partial charge >= 0.3 is 0 Å². The van der Waals surface area contributed by atoms with Gasteiger partial charge in [-0.1, -0.05) is 11.6 Å². The van der Waals surface area contributed by atoms with Gasteiger partial charge in [-0.15, -0.1) is 0 Å². The van der Waals surface area contributed by atoms with Crippen LogP contribution < -0.4 is 0 Å². The second kappa shape index (κ2) is 4.58. The summed E-state index contributed by atoms with van der Waals surface area (Å²) in [6, 6.07) is 2.98. The average Bonchev–Trinajstić information content (AvgIpc) is 2.88. The number of aromatic nitrogens is 2. The molecule has 2 aromatic rings. The lowest BCUT2D eigenvalue weighted by molar-refractivity contribution is 0.00678. The molecule has 1 atom stereocenters. The van der Waals surface area contributed by atoms with Crippen molar-refractivity contribution in [3.63, 3.8) is 0 Å². The van der Waals surface area contributed by atoms with Gasteiger partial charge in [0.05, 0.1) is 28.2 Å². The summed E-state index contributed by atoms with van der Waals surface area (Å²) in [5, 5.41) is 0.0965. The fourth-order valence-electron chi connectivity index (χ4n) is 2.60. The third-order valence-corrected chi connectivity index (χ3v) is 4.22. The number of nitrogens with zero attached hydrogens (tertiary/aromatic N) is 1. The summed E-state index contributed by atoms with van der Waals surface area (Å²) in [7, 11) is 0. The number of benzene rings is 1. The summed E-state index contributed by atoms with van der Waals surface area (Å²) in [5.41, 5.74) is 1.24. The second-order valence-corrected chi connectivity index (χ2v) is 6.00. The van der Waals surface area contributed by atoms with Gasteiger partial charge in [-0.05, 0) is 38.0 Å². The summed E-state index contributed by atoms with van der Waals surface area (Å²) in [4.78, 5) is 3.06. The van der Waals surface area contributed by atoms with Crippen LogP contribution in [-0.2, 0) is 11.3 Å². The normalized spacial score (nSPS) is 23.3. The topological polar surface area (TPSA) is 29.9 Å². The molecule has 19 heavy (non-hydrogen) atoms. The number of ether oxygens (including phenoxy) is 1. The van der Waals surface area contributed by atoms with Gasteiger partial charge in [-0.2, -0.15) is 0 Å². The van der Waals surface area contributed by atoms with Crippen molar-refractivity contribution >= 4 is 34.9 Å². The maximum absolute atomic E-state index is 13.6. The zero-order chi connectivity index (χ0) is 13.6. The molecule has 1 aliphatic heterocycles. The summed E-state index contributed by atoms with van der Waals surface area (Å²) >= 11 is 11.1. The van der Waals surface area contributed by atoms with E-state index in [1.807, 2.05) is 4.57 Å². The van der Waals surface area contributed by atoms with E-state index < -0.39 is 5.82 Å². The molecule has 0 saturated carbocycles. The summed E-state index contributed by atoms with van der Waals surface area (Å²) < 4.78 is 21.8. The Morgan fingerprint density at radius 3 is 3.05 bits per heavy atom. The van der Waals surface area contributed by atoms with Crippen molar-refractivity contribution in [2.45, 2.75) is 31.9 Å². The number of hydrogen-bond donors (Lipinski definition) is 1. The molecule has 1 fully saturated rings. The van der Waals surface area contributed by atoms with Crippen molar-refractivity contribution in [3.8, 4) is 0 Å². The van der Waals surface area contributed by atoms with Crippen LogP contribution in [0.4, 0.5) is 4.39 Å². The van der Waals surface area contributed by atoms with Gasteiger partial charge in [0.1, 0.15) is 5.82 Å². The number of fused-ring (bicyclic) bond motifs is 1. The highest BCUT2D eigenvalue weighted by atomic mass is 35.5. The first-order valence-electron chi connectivity index (χ1n) is 6.20. The molecular weight excluding hydrogens is 287 g/mol. The van der Waals surface area contributed by atoms with E-state index in [1.54, 1.807) is 6.07 Å². The first-order chi connectivity index (χ1) is 8.98. The first-order valence-corrected chi connectivity index (χ1v) is 6.99. The molecule has 1 aromatic heterocycles. The first kappa shape index (κ1) is 13.1. The third-order valence-electron chi connectivity index (χ3n) is 3.61. The Balaban J connectivity index is 2.10. The van der Waals surface area contributed by atoms with Crippen molar-refractivity contribution in [3.05, 3.63) is 27.7 Å². The Kier molecular flexibility index (Phi) is 3.15. The lowest BCUT2D eigenvalue weighted by atomic mass is 10.0. The Morgan fingerprint density at radius 2 is 2.37 bits per heavy atom. The zero-order valence-electron chi connectivity index (χ0n) is 10.5. The molecule has 0 radical (unpaired) electrons. The van der Waals surface area contributed by atoms with Crippen LogP contribution >= 0.6 is 23.8 Å². The van der Waals surface area contributed by atoms with Crippen LogP contribution in [0.3, 0.4) is 0 Å². The maximum atomic E-state index is 13.6. The van der Waals surface area contributed by atoms with E-state index in [0.29, 0.717) is 11.3 Å². The summed E-state index contributed by atoms with van der Waals surface area (Å²) in [5.74, 6) is -0.436. The quantitative estimate of drug-likeness (QED) is 0.848. The van der Waals surface area contributed by atoms with E-state index in [2.05, 4.69) is 11.9 Å². The highest BCUT2D eigenvalue weighted by Gasteiger charge is 2.31. The predicted molar refractivity (Wildman–Crippen MR) is 75.7 cm³/mol. The lowest BCUT2D eigenvalue weighted by Gasteiger charge is -2.23. The van der Waals surface area contributed by atoms with Crippen LogP contribution in [-0.4, -0.2) is 21.8 Å². The van der Waals surface area contributed by atoms with Crippen molar-refractivity contribution in [2.24, 2.45) is 0 Å². The molecule has 0 aliphatic carbocycles. The Hall–Kier alpha value is -0.910. The Morgan fingerprint density at radius 1 is 1.58 bits per heavy atom. The molecule has 2 heterocycles. The fourth-order valence-corrected chi connectivity index (χ4v) is 3.04. The minimum atomic E-state index is -0.436. The van der Waals surface area contributed by atoms with Crippen LogP contribution in [0.15, 0.2) is 12.1 Å². The standard InChI is InChI=1S/C13H14ClFN2OS/c1-13(3-2-4-18-13)7-17-11-6-9(15)8(14)5-10(11)16-12(17)19/h5-6H,2-4,7H2,1H3,(H,16,19). The molecule has 1 aliphatic rings. The van der Waals surface area contributed by atoms with Crippen LogP contribution in [0.1, 0.15) is 19.8 Å². The van der Waals surface area contributed by atoms with E-state index in [1.165, 1.54) is 6.07 Å². The smallest absolute Gasteiger partial charge is 0.178 e. The highest BCUT2D eigenvalue weighted by Crippen LogP contribution is 2.29. The number of imidazole rings is 1. The van der Waals surface area contributed by atoms with Crippen LogP contribution in [0.25, 0.3) is 11.0 Å². The van der Waals surface area contributed by atoms with Crippen molar-refractivity contribution in [2.75, 3.05) is 6.61 Å². The molecule has 0 bridgehead atoms. The predicted octanol–water partition coefficient (Wildman–Crippen LogP) is 4.06. The largest absolute Gasteiger partial charge is 0.373 e. The number of nitrogens with one attached hydrogen (secondary N) is 1. The van der Waals surface area contributed by atoms with Gasteiger partial charge in [-0.25, -0.2) is 4.39 Å². The molecule has 0 spiro atoms. The van der Waals surface area contributed by atoms with Gasteiger partial charge in [0, 0.05) is 12.7 Å². The average molecular weight is 301 g/mol. The van der Waals surface area contributed by atoms with Gasteiger partial charge < -0.3 is 14.3 Å². The maximum Gasteiger partial charge on any atom is 0.178 e. The minimum absolute atomic E-state index is 0.0965. The lowest BCUT2D eigenvalue weighted by Crippen LogP contribution is -2.29. The number of halogens is 2. The molecule has 3 nitrogen and oxygen atoms in total. The van der Waals surface area contributed by atoms with Gasteiger partial charge in [-0.3, -0.25) is 0 Å². The summed E-state index contributed by atoms with van der Waals surface area (Å²) in [6.45, 7) is 3.45. The third kappa shape index (κ3) is 2.30. The van der Waals surface area contributed by atoms with E-state index >= 15 is 0 Å². The molecule has 1 N–H and O–H groups in total. The minimum Gasteiger partial charge on any atom is -0.373 e. The monoisotopic (exact) mass is 300 g/mol. The van der Waals surface area contributed by atoms with E-state index in [0.717, 1.165) is 30.5 Å². The molecule has 3 rings (SSSR count). The SMILES string of the molecule is CC1(Cn2c(=S)[nH]c3cc(Cl)c(F)cc32)CCCO1. The van der Waals surface area contributed by atoms with Gasteiger partial charge in [0.25, 0.3) is 0 Å². The summed E-state index contributed by atoms with van der Waals surface area (Å²) in [6.07, 6.45) is 2.03. The second-order valence-electron chi connectivity index (χ2n) is 5.20. The number of H-pyrrole nitrogens is 1. The van der Waals surface area contributed by atoms with Crippen molar-refractivity contribution < 1.29 is 9.13 Å². The molecule has 1 unspecified atom stereocenters. The highest BCUT2D eigenvalue weighted by molar-refractivity contribution is 7.71. The van der Waals surface area contributed by atoms with Crippen LogP contribution in [0.2, 0.25) is 5.02 Å². The van der Waals surface area contributed by atoms with Gasteiger partial charge in [0.2, 0.25) is 0 Å². The number of aromatic amines is 1. The molecular formula is C13H14ClFN2OS. The van der Waals surface area contributed by atoms with Crippen LogP contribution in [0.5, 0.6) is 0 Å². The molecule has 1 saturated heterocycles. The number of hydrogen-bond acceptors (Lipinski definition) is 2. The van der Waals surface area contributed by atoms with Crippen LogP contribution in [0, 0.1) is 10.6 Å². The van der Waals surface area contributed by atoms with Crippen molar-refractivity contribution in [1.82, 2.24) is 9.55 Å².